The van der Waals surface area contributed by atoms with Crippen molar-refractivity contribution < 1.29 is 33.4 Å². The van der Waals surface area contributed by atoms with E-state index in [1.54, 1.807) is 30.5 Å². The molecular formula is C37H40FN7O7S. The van der Waals surface area contributed by atoms with Crippen LogP contribution in [0.3, 0.4) is 0 Å². The van der Waals surface area contributed by atoms with Gasteiger partial charge in [0.05, 0.1) is 17.9 Å². The number of carbonyl (C=O) groups excluding carboxylic acids is 2. The number of aryl methyl sites for hydroxylation is 1. The van der Waals surface area contributed by atoms with Crippen molar-refractivity contribution in [1.82, 2.24) is 30.9 Å². The van der Waals surface area contributed by atoms with Gasteiger partial charge in [-0.2, -0.15) is 0 Å². The number of hydrogen-bond donors (Lipinski definition) is 6. The molecule has 2 aliphatic rings. The Bertz CT molecular complexity index is 2150. The third kappa shape index (κ3) is 10.1. The van der Waals surface area contributed by atoms with E-state index in [0.717, 1.165) is 0 Å². The highest BCUT2D eigenvalue weighted by molar-refractivity contribution is 7.80. The molecule has 278 valence electrons. The highest BCUT2D eigenvalue weighted by Gasteiger charge is 2.23. The zero-order valence-corrected chi connectivity index (χ0v) is 30.0. The lowest BCUT2D eigenvalue weighted by Crippen LogP contribution is -2.49. The number of amides is 2. The van der Waals surface area contributed by atoms with Crippen molar-refractivity contribution in [2.24, 2.45) is 0 Å². The lowest BCUT2D eigenvalue weighted by Gasteiger charge is -2.20. The number of thiocarbonyl (C=S) groups is 1. The number of carboxylic acids is 1. The van der Waals surface area contributed by atoms with Crippen LogP contribution in [0.2, 0.25) is 0 Å². The Hall–Kier alpha value is -5.90. The maximum Gasteiger partial charge on any atom is 0.336 e. The molecular weight excluding hydrogens is 706 g/mol. The number of nitrogens with zero attached hydrogens (tertiary/aromatic N) is 3. The van der Waals surface area contributed by atoms with Gasteiger partial charge in [0, 0.05) is 53.1 Å². The number of phenols is 1. The number of rotatable bonds is 16. The average molecular weight is 746 g/mol. The summed E-state index contributed by atoms with van der Waals surface area (Å²) in [7, 11) is 0. The van der Waals surface area contributed by atoms with Crippen molar-refractivity contribution in [3.8, 4) is 28.2 Å². The largest absolute Gasteiger partial charge is 0.508 e. The van der Waals surface area contributed by atoms with Crippen LogP contribution < -0.4 is 26.7 Å². The molecule has 14 nitrogen and oxygen atoms in total. The van der Waals surface area contributed by atoms with Crippen LogP contribution >= 0.6 is 12.2 Å². The van der Waals surface area contributed by atoms with Crippen LogP contribution in [0, 0.1) is 0 Å². The molecule has 16 heteroatoms. The molecule has 1 aromatic heterocycles. The molecule has 2 heterocycles. The van der Waals surface area contributed by atoms with E-state index < -0.39 is 24.6 Å². The highest BCUT2D eigenvalue weighted by atomic mass is 32.1. The number of nitrogens with one attached hydrogen (secondary N) is 4. The van der Waals surface area contributed by atoms with Crippen molar-refractivity contribution in [2.75, 3.05) is 18.5 Å². The molecule has 1 unspecified atom stereocenters. The number of aromatic hydroxyl groups is 1. The second-order valence-electron chi connectivity index (χ2n) is 12.7. The Morgan fingerprint density at radius 2 is 1.79 bits per heavy atom. The molecule has 2 amide bonds. The average Bonchev–Trinajstić information content (AvgIpc) is 3.55. The number of carboxylic acid groups (broad SMARTS) is 1. The van der Waals surface area contributed by atoms with Crippen LogP contribution in [-0.4, -0.2) is 73.4 Å². The third-order valence-electron chi connectivity index (χ3n) is 8.20. The smallest absolute Gasteiger partial charge is 0.336 e. The Balaban J connectivity index is 1.20. The Morgan fingerprint density at radius 1 is 1.00 bits per heavy atom. The molecule has 0 saturated heterocycles. The molecule has 0 spiro atoms. The van der Waals surface area contributed by atoms with Crippen LogP contribution in [0.5, 0.6) is 5.75 Å². The summed E-state index contributed by atoms with van der Waals surface area (Å²) >= 11 is 5.47. The van der Waals surface area contributed by atoms with Gasteiger partial charge >= 0.3 is 5.97 Å². The van der Waals surface area contributed by atoms with E-state index in [1.165, 1.54) is 35.0 Å². The summed E-state index contributed by atoms with van der Waals surface area (Å²) in [6, 6.07) is 12.7. The van der Waals surface area contributed by atoms with Crippen LogP contribution in [0.25, 0.3) is 33.4 Å². The van der Waals surface area contributed by atoms with E-state index in [2.05, 4.69) is 31.6 Å². The highest BCUT2D eigenvalue weighted by Crippen LogP contribution is 2.42. The first kappa shape index (κ1) is 38.3. The molecule has 1 atom stereocenters. The predicted octanol–water partition coefficient (Wildman–Crippen LogP) is 4.63. The maximum absolute atomic E-state index is 12.9. The summed E-state index contributed by atoms with van der Waals surface area (Å²) in [4.78, 5) is 50.3. The lowest BCUT2D eigenvalue weighted by atomic mass is 9.90. The molecule has 0 bridgehead atoms. The third-order valence-corrected chi connectivity index (χ3v) is 8.45. The Morgan fingerprint density at radius 3 is 2.55 bits per heavy atom. The minimum absolute atomic E-state index is 0.0281. The first-order valence-electron chi connectivity index (χ1n) is 17.1. The molecule has 5 rings (SSSR count). The predicted molar refractivity (Wildman–Crippen MR) is 201 cm³/mol. The summed E-state index contributed by atoms with van der Waals surface area (Å²) in [5.41, 5.74) is 2.41. The zero-order chi connectivity index (χ0) is 38.1. The molecule has 1 aliphatic heterocycles. The molecule has 1 aliphatic carbocycles. The number of carbonyl (C=O) groups is 3. The molecule has 0 fully saturated rings. The van der Waals surface area contributed by atoms with E-state index in [9.17, 15) is 33.8 Å². The van der Waals surface area contributed by atoms with Crippen LogP contribution in [0.1, 0.15) is 55.6 Å². The van der Waals surface area contributed by atoms with Gasteiger partial charge in [-0.3, -0.25) is 18.8 Å². The first-order valence-corrected chi connectivity index (χ1v) is 17.5. The number of aromatic carboxylic acids is 1. The summed E-state index contributed by atoms with van der Waals surface area (Å²) in [5.74, 6) is -1.71. The molecule has 6 N–H and O–H groups in total. The SMILES string of the molecule is CC(C)NC(=O)C(CCCCNC(=S)Nc1ccc(-c2c3ccc(=O)cc-3oc3cc(O)ccc23)c(C(=O)O)c1)NC(=O)Cn1cc(CCCF)nn1. The topological polar surface area (TPSA) is 201 Å². The van der Waals surface area contributed by atoms with E-state index in [1.807, 2.05) is 13.8 Å². The van der Waals surface area contributed by atoms with Crippen molar-refractivity contribution in [3.63, 3.8) is 0 Å². The van der Waals surface area contributed by atoms with Crippen molar-refractivity contribution in [3.05, 3.63) is 82.3 Å². The van der Waals surface area contributed by atoms with E-state index in [-0.39, 0.29) is 51.7 Å². The van der Waals surface area contributed by atoms with Gasteiger partial charge in [0.1, 0.15) is 29.7 Å². The standard InChI is InChI=1S/C37H40FN7O7S/c1-21(2)40-35(49)30(42-33(48)20-45-19-23(43-44-45)6-5-14-38)7-3-4-15-39-37(53)41-22-8-11-26(29(16-22)36(50)51)34-27-12-9-24(46)17-31(27)52-32-18-25(47)10-13-28(32)34/h8-13,16-19,21,30,46H,3-7,14-15,20H2,1-2H3,(H,40,49)(H,42,48)(H,50,51)(H2,39,41,53). The Labute approximate surface area is 309 Å². The molecule has 3 aromatic rings. The van der Waals surface area contributed by atoms with Gasteiger partial charge in [0.2, 0.25) is 11.8 Å². The summed E-state index contributed by atoms with van der Waals surface area (Å²) in [6.45, 7) is 3.48. The number of phenolic OH excluding ortho intramolecular Hbond substituents is 1. The first-order chi connectivity index (χ1) is 25.4. The van der Waals surface area contributed by atoms with E-state index in [0.29, 0.717) is 72.1 Å². The number of anilines is 1. The lowest BCUT2D eigenvalue weighted by molar-refractivity contribution is -0.129. The van der Waals surface area contributed by atoms with Gasteiger partial charge in [0.15, 0.2) is 10.5 Å². The second-order valence-corrected chi connectivity index (χ2v) is 13.1. The van der Waals surface area contributed by atoms with Gasteiger partial charge in [-0.15, -0.1) is 5.10 Å². The van der Waals surface area contributed by atoms with Gasteiger partial charge in [-0.05, 0) is 100 Å². The van der Waals surface area contributed by atoms with Gasteiger partial charge in [-0.25, -0.2) is 9.48 Å². The zero-order valence-electron chi connectivity index (χ0n) is 29.1. The number of halogens is 1. The summed E-state index contributed by atoms with van der Waals surface area (Å²) in [5, 5.41) is 40.7. The maximum atomic E-state index is 12.9. The fourth-order valence-electron chi connectivity index (χ4n) is 5.84. The number of aromatic nitrogens is 3. The molecule has 2 aromatic carbocycles. The summed E-state index contributed by atoms with van der Waals surface area (Å²) in [6.07, 6.45) is 3.85. The minimum Gasteiger partial charge on any atom is -0.508 e. The van der Waals surface area contributed by atoms with Crippen LogP contribution in [0.4, 0.5) is 10.1 Å². The fraction of sp³-hybridized carbons (Fsp3) is 0.324. The number of alkyl halides is 1. The Kier molecular flexibility index (Phi) is 12.7. The van der Waals surface area contributed by atoms with E-state index in [4.69, 9.17) is 16.6 Å². The van der Waals surface area contributed by atoms with Crippen molar-refractivity contribution >= 4 is 51.8 Å². The van der Waals surface area contributed by atoms with Crippen LogP contribution in [0.15, 0.2) is 70.0 Å². The molecule has 0 saturated carbocycles. The van der Waals surface area contributed by atoms with Gasteiger partial charge in [-0.1, -0.05) is 11.3 Å². The molecule has 53 heavy (non-hydrogen) atoms. The van der Waals surface area contributed by atoms with E-state index >= 15 is 0 Å². The number of benzene rings is 3. The van der Waals surface area contributed by atoms with Crippen LogP contribution in [-0.2, 0) is 22.6 Å². The number of fused-ring (bicyclic) bond motifs is 2. The fourth-order valence-corrected chi connectivity index (χ4v) is 6.06. The number of hydrogen-bond acceptors (Lipinski definition) is 9. The van der Waals surface area contributed by atoms with Crippen molar-refractivity contribution in [2.45, 2.75) is 64.6 Å². The van der Waals surface area contributed by atoms with Gasteiger partial charge in [0.25, 0.3) is 0 Å². The quantitative estimate of drug-likeness (QED) is 0.0466. The number of unbranched alkanes of at least 4 members (excludes halogenated alkanes) is 1. The normalized spacial score (nSPS) is 11.8. The van der Waals surface area contributed by atoms with Crippen molar-refractivity contribution in [1.29, 1.82) is 0 Å². The molecule has 0 radical (unpaired) electrons. The summed E-state index contributed by atoms with van der Waals surface area (Å²) < 4.78 is 19.7. The minimum atomic E-state index is -1.19. The monoisotopic (exact) mass is 745 g/mol. The van der Waals surface area contributed by atoms with Gasteiger partial charge < -0.3 is 35.9 Å². The second kappa shape index (κ2) is 17.5.